The molecule has 4 aliphatic rings. The van der Waals surface area contributed by atoms with Gasteiger partial charge in [0, 0.05) is 70.7 Å². The molecule has 7 rings (SSSR count). The molecule has 1 amide bonds. The molecule has 3 aromatic carbocycles. The number of fused-ring (bicyclic) bond motifs is 1. The van der Waals surface area contributed by atoms with Gasteiger partial charge in [-0.1, -0.05) is 161 Å². The first-order valence-corrected chi connectivity index (χ1v) is 35.9. The van der Waals surface area contributed by atoms with Gasteiger partial charge in [0.15, 0.2) is 5.78 Å². The third-order valence-electron chi connectivity index (χ3n) is 14.8. The number of piperidine rings is 1. The Balaban J connectivity index is 0.00000125. The molecule has 6 N–H and O–H groups in total. The number of nitrogens with one attached hydrogen (secondary N) is 3. The van der Waals surface area contributed by atoms with Crippen molar-refractivity contribution in [3.63, 3.8) is 0 Å². The number of benzene rings is 3. The highest BCUT2D eigenvalue weighted by Gasteiger charge is 2.48. The van der Waals surface area contributed by atoms with Crippen LogP contribution in [0.4, 0.5) is 30.2 Å². The van der Waals surface area contributed by atoms with Crippen molar-refractivity contribution in [3.05, 3.63) is 131 Å². The van der Waals surface area contributed by atoms with Gasteiger partial charge in [-0.25, -0.2) is 18.6 Å². The van der Waals surface area contributed by atoms with Gasteiger partial charge in [0.2, 0.25) is 5.91 Å². The van der Waals surface area contributed by atoms with Crippen LogP contribution in [0.1, 0.15) is 200 Å². The van der Waals surface area contributed by atoms with Gasteiger partial charge in [-0.15, -0.1) is 0 Å². The number of piperazine rings is 1. The summed E-state index contributed by atoms with van der Waals surface area (Å²) in [5.74, 6) is -2.21. The van der Waals surface area contributed by atoms with Gasteiger partial charge in [0.1, 0.15) is 11.9 Å². The number of alkyl halides is 2. The number of hydrogen-bond donors (Lipinski definition) is 5. The molecule has 4 unspecified atom stereocenters. The molecule has 2 fully saturated rings. The van der Waals surface area contributed by atoms with E-state index in [2.05, 4.69) is 145 Å². The largest absolute Gasteiger partial charge is 0.396 e. The first-order valence-electron chi connectivity index (χ1n) is 31.9. The number of rotatable bonds is 24. The molecule has 0 radical (unpaired) electrons. The number of carbonyl (C=O) groups excluding carboxylic acids is 2. The highest BCUT2D eigenvalue weighted by molar-refractivity contribution is 14.2. The van der Waals surface area contributed by atoms with Crippen LogP contribution >= 0.6 is 28.4 Å². The standard InChI is InChI=1S/C29H48F3N5O2.C16H22O.C10H10IN2P.C7H12.3C2H6.CH5N/c1-4-7-22(8-5-2)20-35-13-12-27(29(31,32)21-35)37-16-14-36(15-17-37)26-11-10-23(19-24(26)30)34-25(9-6-18-38)28(39)33-3;1-4-6-8-15(7-5-2)16-11-9-14(10-12-16)13(3)17;11-14-13-10-4-3-8(7-1-2-7)5-9(10)6-12-13;1-4-6-7(3)5-2;4*1-2/h10-11,19,22,25,27,34,38H,4-9,12-18,20-21H2,1-3H3,(H,33,39);4,6,9-12,15H,5,7-8H2,1-3H3;1,3-5,12,14H,2,6H2;4,6H,1,5H2,2-3H3;3*1-2H3;2H2,1H3/b;6-4-;;7-6+;;;;. The van der Waals surface area contributed by atoms with Crippen molar-refractivity contribution in [1.29, 1.82) is 0 Å². The summed E-state index contributed by atoms with van der Waals surface area (Å²) in [6, 6.07) is 18.3. The third-order valence-corrected chi connectivity index (χ3v) is 16.8. The van der Waals surface area contributed by atoms with Crippen molar-refractivity contribution in [3.8, 4) is 0 Å². The third kappa shape index (κ3) is 29.6. The fourth-order valence-electron chi connectivity index (χ4n) is 10.3. The molecule has 85 heavy (non-hydrogen) atoms. The Kier molecular flexibility index (Phi) is 45.6. The minimum atomic E-state index is -2.76. The number of amides is 1. The monoisotopic (exact) mass is 1320 g/mol. The number of likely N-dealkylation sites (tertiary alicyclic amines) is 1. The van der Waals surface area contributed by atoms with E-state index < -0.39 is 23.8 Å². The summed E-state index contributed by atoms with van der Waals surface area (Å²) in [6.45, 7) is 34.1. The number of aliphatic hydroxyl groups is 1. The van der Waals surface area contributed by atoms with E-state index in [0.717, 1.165) is 63.6 Å². The van der Waals surface area contributed by atoms with Gasteiger partial charge in [0.05, 0.1) is 30.3 Å². The van der Waals surface area contributed by atoms with Crippen molar-refractivity contribution in [2.24, 2.45) is 11.7 Å². The Morgan fingerprint density at radius 3 is 1.98 bits per heavy atom. The fraction of sp³-hybridized carbons (Fsp3) is 0.594. The number of ketones is 1. The molecule has 16 heteroatoms. The van der Waals surface area contributed by atoms with Crippen LogP contribution in [0.2, 0.25) is 0 Å². The predicted octanol–water partition coefficient (Wildman–Crippen LogP) is 17.3. The lowest BCUT2D eigenvalue weighted by atomic mass is 9.90. The summed E-state index contributed by atoms with van der Waals surface area (Å²) in [4.78, 5) is 29.1. The van der Waals surface area contributed by atoms with Gasteiger partial charge in [-0.05, 0) is 172 Å². The van der Waals surface area contributed by atoms with E-state index in [9.17, 15) is 9.59 Å². The van der Waals surface area contributed by atoms with Crippen LogP contribution in [0.15, 0.2) is 103 Å². The van der Waals surface area contributed by atoms with Crippen molar-refractivity contribution < 1.29 is 27.9 Å². The molecule has 3 aliphatic heterocycles. The number of Topliss-reactive ketones (excluding diaryl/α,β-unsaturated/α-hetero) is 1. The van der Waals surface area contributed by atoms with Crippen LogP contribution in [0.25, 0.3) is 5.57 Å². The lowest BCUT2D eigenvalue weighted by molar-refractivity contribution is -0.130. The van der Waals surface area contributed by atoms with Crippen LogP contribution in [-0.2, 0) is 11.3 Å². The molecular formula is C69H115F3IN8O3P. The summed E-state index contributed by atoms with van der Waals surface area (Å²) < 4.78 is 47.9. The van der Waals surface area contributed by atoms with Crippen LogP contribution in [0.5, 0.6) is 0 Å². The quantitative estimate of drug-likeness (QED) is 0.0194. The molecule has 482 valence electrons. The van der Waals surface area contributed by atoms with Crippen molar-refractivity contribution in [2.45, 2.75) is 198 Å². The van der Waals surface area contributed by atoms with Crippen LogP contribution in [0.3, 0.4) is 0 Å². The van der Waals surface area contributed by atoms with Gasteiger partial charge >= 0.3 is 0 Å². The average Bonchev–Trinajstić information content (AvgIpc) is 4.19. The maximum atomic E-state index is 15.3. The molecule has 1 aliphatic carbocycles. The van der Waals surface area contributed by atoms with Gasteiger partial charge in [0.25, 0.3) is 5.92 Å². The first-order chi connectivity index (χ1) is 41.1. The molecule has 3 heterocycles. The number of hydrogen-bond acceptors (Lipinski definition) is 10. The maximum Gasteiger partial charge on any atom is 0.275 e. The Hall–Kier alpha value is -4.09. The smallest absolute Gasteiger partial charge is 0.275 e. The Morgan fingerprint density at radius 1 is 0.882 bits per heavy atom. The summed E-state index contributed by atoms with van der Waals surface area (Å²) in [6.07, 6.45) is 22.7. The van der Waals surface area contributed by atoms with Crippen LogP contribution < -0.4 is 31.5 Å². The minimum Gasteiger partial charge on any atom is -0.396 e. The number of carbonyl (C=O) groups is 2. The second-order valence-corrected chi connectivity index (χ2v) is 22.8. The maximum absolute atomic E-state index is 15.3. The molecular weight excluding hydrogens is 1200 g/mol. The summed E-state index contributed by atoms with van der Waals surface area (Å²) in [5, 5.41) is 14.7. The molecule has 11 nitrogen and oxygen atoms in total. The molecule has 0 aromatic heterocycles. The Bertz CT molecular complexity index is 2360. The summed E-state index contributed by atoms with van der Waals surface area (Å²) in [5.41, 5.74) is 18.0. The number of nitrogens with two attached hydrogens (primary N) is 1. The average molecular weight is 1320 g/mol. The van der Waals surface area contributed by atoms with E-state index in [0.29, 0.717) is 75.2 Å². The lowest BCUT2D eigenvalue weighted by Crippen LogP contribution is -2.62. The minimum absolute atomic E-state index is 0.0299. The van der Waals surface area contributed by atoms with E-state index in [1.165, 1.54) is 72.9 Å². The Labute approximate surface area is 530 Å². The van der Waals surface area contributed by atoms with Gasteiger partial charge < -0.3 is 26.4 Å². The van der Waals surface area contributed by atoms with Crippen LogP contribution in [0, 0.1) is 11.7 Å². The number of aliphatic hydroxyl groups excluding tert-OH is 1. The molecule has 0 spiro atoms. The van der Waals surface area contributed by atoms with Gasteiger partial charge in [-0.3, -0.25) is 24.2 Å². The normalized spacial score (nSPS) is 16.7. The zero-order chi connectivity index (χ0) is 64.3. The predicted molar refractivity (Wildman–Crippen MR) is 374 cm³/mol. The molecule has 0 bridgehead atoms. The van der Waals surface area contributed by atoms with Crippen molar-refractivity contribution in [2.75, 3.05) is 81.5 Å². The molecule has 0 saturated carbocycles. The van der Waals surface area contributed by atoms with E-state index in [-0.39, 0.29) is 24.8 Å². The van der Waals surface area contributed by atoms with Crippen LogP contribution in [-0.4, -0.2) is 111 Å². The van der Waals surface area contributed by atoms with E-state index in [4.69, 9.17) is 5.11 Å². The second kappa shape index (κ2) is 47.9. The number of anilines is 3. The highest BCUT2D eigenvalue weighted by atomic mass is 127. The second-order valence-electron chi connectivity index (χ2n) is 20.7. The fourth-order valence-corrected chi connectivity index (χ4v) is 12.1. The number of hydrazine groups is 1. The number of nitrogens with zero attached hydrogens (tertiary/aromatic N) is 4. The number of halogens is 4. The van der Waals surface area contributed by atoms with Crippen molar-refractivity contribution >= 4 is 62.7 Å². The van der Waals surface area contributed by atoms with E-state index in [1.54, 1.807) is 19.1 Å². The summed E-state index contributed by atoms with van der Waals surface area (Å²) in [7, 11) is 3.04. The van der Waals surface area contributed by atoms with E-state index >= 15 is 13.2 Å². The molecule has 3 aromatic rings. The zero-order valence-electron chi connectivity index (χ0n) is 55.2. The van der Waals surface area contributed by atoms with E-state index in [1.807, 2.05) is 80.5 Å². The SMILES string of the molecule is C/C=C\CC(CCC)c1ccc(C(C)=O)cc1.C=C/C=C(\C)CC.CC.CC.CC.CCCC(CCC)CN1CCC(N2CCN(c3ccc(NC(CCCO)C(=O)NC)cc3F)CC2)C(F)(F)C1.CN.IPN1NCc2cc(C3=CC3)ccc21. The van der Waals surface area contributed by atoms with Gasteiger partial charge in [-0.2, -0.15) is 0 Å². The lowest BCUT2D eigenvalue weighted by Gasteiger charge is -2.47. The molecule has 2 saturated heterocycles. The Morgan fingerprint density at radius 2 is 1.49 bits per heavy atom. The summed E-state index contributed by atoms with van der Waals surface area (Å²) >= 11 is 2.40. The topological polar surface area (TPSA) is 129 Å². The first kappa shape index (κ1) is 80.9. The highest BCUT2D eigenvalue weighted by Crippen LogP contribution is 2.40. The zero-order valence-corrected chi connectivity index (χ0v) is 58.3. The number of allylic oxidation sites excluding steroid dienone is 7. The number of likely N-dealkylation sites (N-methyl/N-ethyl adjacent to an activating group) is 1. The van der Waals surface area contributed by atoms with Crippen molar-refractivity contribution in [1.82, 2.24) is 20.5 Å². The molecule has 4 atom stereocenters.